The van der Waals surface area contributed by atoms with E-state index < -0.39 is 109 Å². The average molecular weight is 668 g/mol. The van der Waals surface area contributed by atoms with Gasteiger partial charge >= 0.3 is 0 Å². The van der Waals surface area contributed by atoms with Gasteiger partial charge in [-0.05, 0) is 25.2 Å². The Labute approximate surface area is 271 Å². The van der Waals surface area contributed by atoms with Crippen LogP contribution in [0, 0.1) is 5.92 Å². The molecule has 9 amide bonds. The number of carbonyl (C=O) groups is 10. The lowest BCUT2D eigenvalue weighted by Gasteiger charge is -2.26. The van der Waals surface area contributed by atoms with Crippen molar-refractivity contribution < 1.29 is 47.9 Å². The van der Waals surface area contributed by atoms with Crippen LogP contribution in [0.25, 0.3) is 0 Å². The van der Waals surface area contributed by atoms with Gasteiger partial charge in [0.05, 0.1) is 26.2 Å². The Balaban J connectivity index is 2.81. The van der Waals surface area contributed by atoms with Gasteiger partial charge in [-0.1, -0.05) is 20.3 Å². The standard InChI is InChI=1S/C28H45N9O10/c1-5-15(2)24(28(47)34-14-23(43)37-10-6-7-18(37)26(45)32-11-20(29)40)36-22(42)13-33-25(44)17(8-9-19(39)27(46)30-4)35-21(41)12-31-16(3)38/h15,17-18,24H,5-14H2,1-4H3,(H2,29,40)(H,30,46)(H,31,38)(H,32,45)(H,33,44)(H,34,47)(H,35,41)(H,36,42)/t15?,17-,18-,24?/m0/s1. The number of nitrogens with two attached hydrogens (primary N) is 1. The van der Waals surface area contributed by atoms with Crippen LogP contribution in [-0.4, -0.2) is 122 Å². The topological polar surface area (TPSA) is 284 Å². The highest BCUT2D eigenvalue weighted by Crippen LogP contribution is 2.17. The number of ketones is 1. The fourth-order valence-corrected chi connectivity index (χ4v) is 4.47. The van der Waals surface area contributed by atoms with Gasteiger partial charge in [-0.3, -0.25) is 47.9 Å². The van der Waals surface area contributed by atoms with E-state index in [0.717, 1.165) is 0 Å². The fraction of sp³-hybridized carbons (Fsp3) is 0.643. The third kappa shape index (κ3) is 14.3. The van der Waals surface area contributed by atoms with Crippen LogP contribution in [-0.2, 0) is 47.9 Å². The Morgan fingerprint density at radius 3 is 2.04 bits per heavy atom. The van der Waals surface area contributed by atoms with Crippen LogP contribution in [0.5, 0.6) is 0 Å². The molecule has 1 heterocycles. The minimum atomic E-state index is -1.34. The van der Waals surface area contributed by atoms with E-state index in [1.54, 1.807) is 13.8 Å². The number of amides is 9. The van der Waals surface area contributed by atoms with Crippen molar-refractivity contribution in [2.24, 2.45) is 11.7 Å². The maximum absolute atomic E-state index is 13.0. The summed E-state index contributed by atoms with van der Waals surface area (Å²) in [5.74, 6) is -7.54. The molecule has 0 saturated carbocycles. The van der Waals surface area contributed by atoms with Crippen LogP contribution in [0.3, 0.4) is 0 Å². The molecule has 4 atom stereocenters. The van der Waals surface area contributed by atoms with Crippen molar-refractivity contribution in [2.75, 3.05) is 39.8 Å². The molecule has 1 saturated heterocycles. The number of Topliss-reactive ketones (excluding diaryl/α,β-unsaturated/α-hetero) is 1. The first-order valence-electron chi connectivity index (χ1n) is 15.1. The van der Waals surface area contributed by atoms with E-state index in [-0.39, 0.29) is 19.5 Å². The van der Waals surface area contributed by atoms with Gasteiger partial charge in [0, 0.05) is 26.9 Å². The van der Waals surface area contributed by atoms with Crippen molar-refractivity contribution in [3.63, 3.8) is 0 Å². The lowest BCUT2D eigenvalue weighted by atomic mass is 9.98. The first-order chi connectivity index (χ1) is 22.1. The molecular formula is C28H45N9O10. The number of nitrogens with zero attached hydrogens (tertiary/aromatic N) is 1. The van der Waals surface area contributed by atoms with Crippen LogP contribution >= 0.6 is 0 Å². The van der Waals surface area contributed by atoms with Gasteiger partial charge in [0.2, 0.25) is 53.0 Å². The van der Waals surface area contributed by atoms with Crippen molar-refractivity contribution in [1.82, 2.24) is 42.1 Å². The molecule has 19 nitrogen and oxygen atoms in total. The zero-order valence-electron chi connectivity index (χ0n) is 27.0. The molecule has 0 radical (unpaired) electrons. The summed E-state index contributed by atoms with van der Waals surface area (Å²) in [6, 6.07) is -3.28. The first kappa shape index (κ1) is 39.9. The Morgan fingerprint density at radius 1 is 0.830 bits per heavy atom. The number of nitrogens with one attached hydrogen (secondary N) is 7. The van der Waals surface area contributed by atoms with Gasteiger partial charge in [0.25, 0.3) is 5.91 Å². The predicted molar refractivity (Wildman–Crippen MR) is 163 cm³/mol. The second-order valence-electron chi connectivity index (χ2n) is 10.9. The van der Waals surface area contributed by atoms with Gasteiger partial charge in [-0.25, -0.2) is 0 Å². The number of likely N-dealkylation sites (tertiary alicyclic amines) is 1. The van der Waals surface area contributed by atoms with E-state index in [0.29, 0.717) is 19.3 Å². The molecule has 0 aliphatic carbocycles. The molecular weight excluding hydrogens is 622 g/mol. The number of rotatable bonds is 19. The molecule has 0 aromatic rings. The smallest absolute Gasteiger partial charge is 0.287 e. The molecule has 9 N–H and O–H groups in total. The van der Waals surface area contributed by atoms with Gasteiger partial charge in [0.1, 0.15) is 18.1 Å². The summed E-state index contributed by atoms with van der Waals surface area (Å²) in [4.78, 5) is 123. The number of carbonyl (C=O) groups excluding carboxylic acids is 10. The minimum absolute atomic E-state index is 0.267. The van der Waals surface area contributed by atoms with Gasteiger partial charge < -0.3 is 47.9 Å². The van der Waals surface area contributed by atoms with E-state index >= 15 is 0 Å². The highest BCUT2D eigenvalue weighted by molar-refractivity contribution is 6.36. The molecule has 1 fully saturated rings. The zero-order chi connectivity index (χ0) is 35.7. The summed E-state index contributed by atoms with van der Waals surface area (Å²) in [7, 11) is 1.25. The predicted octanol–water partition coefficient (Wildman–Crippen LogP) is -4.94. The minimum Gasteiger partial charge on any atom is -0.368 e. The van der Waals surface area contributed by atoms with Crippen molar-refractivity contribution in [3.05, 3.63) is 0 Å². The van der Waals surface area contributed by atoms with E-state index in [1.807, 2.05) is 0 Å². The third-order valence-electron chi connectivity index (χ3n) is 7.25. The first-order valence-corrected chi connectivity index (χ1v) is 15.1. The largest absolute Gasteiger partial charge is 0.368 e. The number of hydrogen-bond acceptors (Lipinski definition) is 10. The van der Waals surface area contributed by atoms with E-state index in [9.17, 15) is 47.9 Å². The summed E-state index contributed by atoms with van der Waals surface area (Å²) < 4.78 is 0. The Bertz CT molecular complexity index is 1230. The molecule has 0 spiro atoms. The molecule has 262 valence electrons. The molecule has 47 heavy (non-hydrogen) atoms. The Morgan fingerprint density at radius 2 is 1.45 bits per heavy atom. The quantitative estimate of drug-likeness (QED) is 0.0607. The van der Waals surface area contributed by atoms with Crippen LogP contribution < -0.4 is 43.0 Å². The van der Waals surface area contributed by atoms with E-state index in [2.05, 4.69) is 37.2 Å². The number of hydrogen-bond donors (Lipinski definition) is 8. The van der Waals surface area contributed by atoms with Gasteiger partial charge in [-0.2, -0.15) is 0 Å². The zero-order valence-corrected chi connectivity index (χ0v) is 27.0. The van der Waals surface area contributed by atoms with Crippen molar-refractivity contribution in [1.29, 1.82) is 0 Å². The number of primary amides is 1. The van der Waals surface area contributed by atoms with Crippen molar-refractivity contribution in [3.8, 4) is 0 Å². The Hall–Kier alpha value is -5.10. The van der Waals surface area contributed by atoms with Crippen molar-refractivity contribution in [2.45, 2.75) is 71.0 Å². The van der Waals surface area contributed by atoms with Crippen LogP contribution in [0.1, 0.15) is 52.9 Å². The summed E-state index contributed by atoms with van der Waals surface area (Å²) in [6.07, 6.45) is 0.661. The summed E-state index contributed by atoms with van der Waals surface area (Å²) >= 11 is 0. The summed E-state index contributed by atoms with van der Waals surface area (Å²) in [6.45, 7) is 2.98. The van der Waals surface area contributed by atoms with Crippen molar-refractivity contribution >= 4 is 58.9 Å². The van der Waals surface area contributed by atoms with Gasteiger partial charge in [0.15, 0.2) is 0 Å². The molecule has 0 bridgehead atoms. The lowest BCUT2D eigenvalue weighted by molar-refractivity contribution is -0.139. The molecule has 19 heteroatoms. The molecule has 1 rings (SSSR count). The molecule has 0 aromatic heterocycles. The highest BCUT2D eigenvalue weighted by Gasteiger charge is 2.35. The molecule has 1 aliphatic heterocycles. The maximum atomic E-state index is 13.0. The summed E-state index contributed by atoms with van der Waals surface area (Å²) in [5.41, 5.74) is 5.05. The normalized spacial score (nSPS) is 15.6. The summed E-state index contributed by atoms with van der Waals surface area (Å²) in [5, 5.41) is 16.4. The maximum Gasteiger partial charge on any atom is 0.287 e. The fourth-order valence-electron chi connectivity index (χ4n) is 4.47. The number of likely N-dealkylation sites (N-methyl/N-ethyl adjacent to an activating group) is 1. The van der Waals surface area contributed by atoms with Crippen LogP contribution in [0.4, 0.5) is 0 Å². The molecule has 0 aromatic carbocycles. The van der Waals surface area contributed by atoms with E-state index in [4.69, 9.17) is 5.73 Å². The SMILES string of the molecule is CCC(C)C(NC(=O)CNC(=O)[C@H](CCC(=O)C(=O)NC)NC(=O)CNC(C)=O)C(=O)NCC(=O)N1CCC[C@H]1C(=O)NCC(N)=O. The second-order valence-corrected chi connectivity index (χ2v) is 10.9. The second kappa shape index (κ2) is 20.1. The molecule has 1 aliphatic rings. The highest BCUT2D eigenvalue weighted by atomic mass is 16.2. The molecule has 2 unspecified atom stereocenters. The third-order valence-corrected chi connectivity index (χ3v) is 7.25. The van der Waals surface area contributed by atoms with Gasteiger partial charge in [-0.15, -0.1) is 0 Å². The van der Waals surface area contributed by atoms with Crippen LogP contribution in [0.2, 0.25) is 0 Å². The monoisotopic (exact) mass is 667 g/mol. The average Bonchev–Trinajstić information content (AvgIpc) is 3.54. The van der Waals surface area contributed by atoms with Crippen LogP contribution in [0.15, 0.2) is 0 Å². The van der Waals surface area contributed by atoms with E-state index in [1.165, 1.54) is 18.9 Å². The Kier molecular flexibility index (Phi) is 17.1. The lowest BCUT2D eigenvalue weighted by Crippen LogP contribution is -2.55.